The van der Waals surface area contributed by atoms with Crippen LogP contribution in [0.1, 0.15) is 32.6 Å². The summed E-state index contributed by atoms with van der Waals surface area (Å²) in [6.45, 7) is 3.65. The van der Waals surface area contributed by atoms with E-state index in [2.05, 4.69) is 33.9 Å². The zero-order valence-electron chi connectivity index (χ0n) is 15.0. The molecule has 0 N–H and O–H groups in total. The van der Waals surface area contributed by atoms with Crippen LogP contribution in [0.4, 0.5) is 0 Å². The van der Waals surface area contributed by atoms with Crippen molar-refractivity contribution in [3.05, 3.63) is 90.3 Å². The zero-order valence-corrected chi connectivity index (χ0v) is 16.6. The Morgan fingerprint density at radius 1 is 1.19 bits per heavy atom. The van der Waals surface area contributed by atoms with Crippen LogP contribution in [0.2, 0.25) is 0 Å². The highest BCUT2D eigenvalue weighted by Crippen LogP contribution is 2.39. The van der Waals surface area contributed by atoms with E-state index in [0.717, 1.165) is 29.9 Å². The second-order valence-corrected chi connectivity index (χ2v) is 8.89. The summed E-state index contributed by atoms with van der Waals surface area (Å²) in [5, 5.41) is 4.33. The molecule has 0 bridgehead atoms. The molecule has 4 aromatic heterocycles. The van der Waals surface area contributed by atoms with E-state index >= 15 is 0 Å². The standard InChI is InChI=1S/C21H19N3OS2/c1-14-4-2-8-24-19(25)12-15(22-21(14)24)13-23-9-6-17-16(7-11-27-17)20(23)18-5-3-10-26-18/h2-5,7-8,10-12,20H,6,9,13H2,1H3/t20-/m1/s1. The van der Waals surface area contributed by atoms with Crippen molar-refractivity contribution in [1.29, 1.82) is 0 Å². The van der Waals surface area contributed by atoms with E-state index in [9.17, 15) is 4.79 Å². The van der Waals surface area contributed by atoms with Crippen LogP contribution in [0, 0.1) is 6.92 Å². The topological polar surface area (TPSA) is 37.6 Å². The largest absolute Gasteiger partial charge is 0.285 e. The van der Waals surface area contributed by atoms with E-state index in [-0.39, 0.29) is 11.6 Å². The van der Waals surface area contributed by atoms with Crippen molar-refractivity contribution in [3.63, 3.8) is 0 Å². The minimum absolute atomic E-state index is 0.0143. The number of aryl methyl sites for hydroxylation is 1. The lowest BCUT2D eigenvalue weighted by atomic mass is 9.98. The van der Waals surface area contributed by atoms with Gasteiger partial charge < -0.3 is 0 Å². The van der Waals surface area contributed by atoms with Gasteiger partial charge in [-0.15, -0.1) is 22.7 Å². The minimum Gasteiger partial charge on any atom is -0.285 e. The molecule has 0 aliphatic carbocycles. The molecule has 0 aromatic carbocycles. The lowest BCUT2D eigenvalue weighted by Gasteiger charge is -2.35. The van der Waals surface area contributed by atoms with Gasteiger partial charge in [0, 0.05) is 35.1 Å². The summed E-state index contributed by atoms with van der Waals surface area (Å²) in [6, 6.07) is 12.4. The maximum Gasteiger partial charge on any atom is 0.258 e. The summed E-state index contributed by atoms with van der Waals surface area (Å²) >= 11 is 3.65. The lowest BCUT2D eigenvalue weighted by molar-refractivity contribution is 0.206. The van der Waals surface area contributed by atoms with Gasteiger partial charge in [-0.2, -0.15) is 0 Å². The van der Waals surface area contributed by atoms with Crippen LogP contribution < -0.4 is 5.56 Å². The maximum absolute atomic E-state index is 12.6. The Bertz CT molecular complexity index is 1160. The predicted molar refractivity (Wildman–Crippen MR) is 111 cm³/mol. The van der Waals surface area contributed by atoms with Crippen molar-refractivity contribution in [2.45, 2.75) is 25.9 Å². The van der Waals surface area contributed by atoms with Gasteiger partial charge in [-0.25, -0.2) is 4.98 Å². The summed E-state index contributed by atoms with van der Waals surface area (Å²) in [5.74, 6) is 0. The molecule has 4 aromatic rings. The Morgan fingerprint density at radius 3 is 2.96 bits per heavy atom. The predicted octanol–water partition coefficient (Wildman–Crippen LogP) is 4.27. The normalized spacial score (nSPS) is 17.3. The number of thiophene rings is 2. The van der Waals surface area contributed by atoms with Crippen LogP contribution in [-0.2, 0) is 13.0 Å². The third-order valence-corrected chi connectivity index (χ3v) is 7.10. The number of hydrogen-bond donors (Lipinski definition) is 0. The first-order valence-corrected chi connectivity index (χ1v) is 10.8. The van der Waals surface area contributed by atoms with Gasteiger partial charge in [0.1, 0.15) is 5.65 Å². The molecule has 0 radical (unpaired) electrons. The number of rotatable bonds is 3. The molecule has 0 amide bonds. The molecule has 136 valence electrons. The van der Waals surface area contributed by atoms with E-state index in [0.29, 0.717) is 6.54 Å². The first-order valence-electron chi connectivity index (χ1n) is 9.02. The number of fused-ring (bicyclic) bond motifs is 2. The molecule has 5 heterocycles. The van der Waals surface area contributed by atoms with Gasteiger partial charge in [0.25, 0.3) is 5.56 Å². The molecule has 0 saturated carbocycles. The zero-order chi connectivity index (χ0) is 18.4. The molecule has 6 heteroatoms. The summed E-state index contributed by atoms with van der Waals surface area (Å²) in [4.78, 5) is 22.7. The molecular formula is C21H19N3OS2. The van der Waals surface area contributed by atoms with Gasteiger partial charge in [-0.1, -0.05) is 12.1 Å². The fourth-order valence-corrected chi connectivity index (χ4v) is 5.70. The third-order valence-electron chi connectivity index (χ3n) is 5.18. The highest BCUT2D eigenvalue weighted by molar-refractivity contribution is 7.10. The van der Waals surface area contributed by atoms with Crippen molar-refractivity contribution < 1.29 is 0 Å². The summed E-state index contributed by atoms with van der Waals surface area (Å²) in [7, 11) is 0. The molecule has 0 spiro atoms. The van der Waals surface area contributed by atoms with Crippen molar-refractivity contribution in [2.24, 2.45) is 0 Å². The molecule has 0 fully saturated rings. The molecule has 5 rings (SSSR count). The summed E-state index contributed by atoms with van der Waals surface area (Å²) < 4.78 is 1.63. The van der Waals surface area contributed by atoms with E-state index in [1.165, 1.54) is 15.3 Å². The Kier molecular flexibility index (Phi) is 4.19. The van der Waals surface area contributed by atoms with Gasteiger partial charge >= 0.3 is 0 Å². The summed E-state index contributed by atoms with van der Waals surface area (Å²) in [5.41, 5.74) is 4.00. The number of hydrogen-bond acceptors (Lipinski definition) is 5. The Hall–Kier alpha value is -2.28. The van der Waals surface area contributed by atoms with Crippen LogP contribution >= 0.6 is 22.7 Å². The molecule has 4 nitrogen and oxygen atoms in total. The van der Waals surface area contributed by atoms with Crippen LogP contribution in [0.3, 0.4) is 0 Å². The molecular weight excluding hydrogens is 374 g/mol. The van der Waals surface area contributed by atoms with Crippen LogP contribution in [0.25, 0.3) is 5.65 Å². The second-order valence-electron chi connectivity index (χ2n) is 6.91. The molecule has 0 saturated heterocycles. The minimum atomic E-state index is -0.0143. The SMILES string of the molecule is Cc1cccn2c(=O)cc(CN3CCc4sccc4[C@@H]3c3cccs3)nc12. The molecule has 1 aliphatic heterocycles. The van der Waals surface area contributed by atoms with Crippen LogP contribution in [0.5, 0.6) is 0 Å². The van der Waals surface area contributed by atoms with Gasteiger partial charge in [0.15, 0.2) is 0 Å². The van der Waals surface area contributed by atoms with Crippen LogP contribution in [0.15, 0.2) is 58.1 Å². The molecule has 1 atom stereocenters. The van der Waals surface area contributed by atoms with Crippen molar-refractivity contribution in [3.8, 4) is 0 Å². The quantitative estimate of drug-likeness (QED) is 0.522. The van der Waals surface area contributed by atoms with E-state index in [1.54, 1.807) is 28.0 Å². The van der Waals surface area contributed by atoms with E-state index in [4.69, 9.17) is 4.98 Å². The number of pyridine rings is 1. The average molecular weight is 394 g/mol. The van der Waals surface area contributed by atoms with Crippen molar-refractivity contribution >= 4 is 28.3 Å². The third kappa shape index (κ3) is 2.94. The monoisotopic (exact) mass is 393 g/mol. The highest BCUT2D eigenvalue weighted by Gasteiger charge is 2.30. The molecule has 0 unspecified atom stereocenters. The first kappa shape index (κ1) is 16.9. The first-order chi connectivity index (χ1) is 13.2. The second kappa shape index (κ2) is 6.71. The van der Waals surface area contributed by atoms with Crippen molar-refractivity contribution in [2.75, 3.05) is 6.54 Å². The Balaban J connectivity index is 1.56. The summed E-state index contributed by atoms with van der Waals surface area (Å²) in [6.07, 6.45) is 2.84. The Morgan fingerprint density at radius 2 is 2.11 bits per heavy atom. The van der Waals surface area contributed by atoms with Gasteiger partial charge in [0.05, 0.1) is 11.7 Å². The number of nitrogens with zero attached hydrogens (tertiary/aromatic N) is 3. The fraction of sp³-hybridized carbons (Fsp3) is 0.238. The van der Waals surface area contributed by atoms with Gasteiger partial charge in [0.2, 0.25) is 0 Å². The van der Waals surface area contributed by atoms with Crippen LogP contribution in [-0.4, -0.2) is 20.8 Å². The van der Waals surface area contributed by atoms with Gasteiger partial charge in [-0.3, -0.25) is 14.1 Å². The van der Waals surface area contributed by atoms with Gasteiger partial charge in [-0.05, 0) is 53.4 Å². The Labute approximate surface area is 165 Å². The average Bonchev–Trinajstić information content (AvgIpc) is 3.34. The number of aromatic nitrogens is 2. The van der Waals surface area contributed by atoms with E-state index < -0.39 is 0 Å². The fourth-order valence-electron chi connectivity index (χ4n) is 3.92. The lowest BCUT2D eigenvalue weighted by Crippen LogP contribution is -2.35. The molecule has 27 heavy (non-hydrogen) atoms. The maximum atomic E-state index is 12.6. The van der Waals surface area contributed by atoms with E-state index in [1.807, 2.05) is 30.4 Å². The molecule has 1 aliphatic rings. The smallest absolute Gasteiger partial charge is 0.258 e. The van der Waals surface area contributed by atoms with Crippen molar-refractivity contribution in [1.82, 2.24) is 14.3 Å². The highest BCUT2D eigenvalue weighted by atomic mass is 32.1.